The van der Waals surface area contributed by atoms with Crippen molar-refractivity contribution in [2.24, 2.45) is 5.10 Å². The molecule has 0 saturated carbocycles. The van der Waals surface area contributed by atoms with Gasteiger partial charge in [-0.2, -0.15) is 5.10 Å². The van der Waals surface area contributed by atoms with Crippen LogP contribution >= 0.6 is 0 Å². The van der Waals surface area contributed by atoms with Crippen molar-refractivity contribution in [1.82, 2.24) is 5.43 Å². The first-order chi connectivity index (χ1) is 19.5. The Balaban J connectivity index is 1.19. The van der Waals surface area contributed by atoms with Gasteiger partial charge in [-0.25, -0.2) is 10.2 Å². The van der Waals surface area contributed by atoms with Gasteiger partial charge in [0.15, 0.2) is 18.1 Å². The predicted molar refractivity (Wildman–Crippen MR) is 149 cm³/mol. The number of ether oxygens (including phenoxy) is 5. The third-order valence-corrected chi connectivity index (χ3v) is 5.55. The van der Waals surface area contributed by atoms with Gasteiger partial charge >= 0.3 is 5.97 Å². The van der Waals surface area contributed by atoms with E-state index in [1.165, 1.54) is 20.4 Å². The zero-order valence-electron chi connectivity index (χ0n) is 22.0. The largest absolute Gasteiger partial charge is 0.493 e. The summed E-state index contributed by atoms with van der Waals surface area (Å²) in [7, 11) is 3.01. The number of nitrogens with zero attached hydrogens (tertiary/aromatic N) is 1. The lowest BCUT2D eigenvalue weighted by molar-refractivity contribution is -0.123. The fourth-order valence-electron chi connectivity index (χ4n) is 3.48. The number of nitrogens with one attached hydrogen (secondary N) is 1. The monoisotopic (exact) mass is 540 g/mol. The van der Waals surface area contributed by atoms with Gasteiger partial charge in [-0.3, -0.25) is 4.79 Å². The van der Waals surface area contributed by atoms with Crippen molar-refractivity contribution in [2.75, 3.05) is 20.8 Å². The van der Waals surface area contributed by atoms with Crippen LogP contribution in [0.15, 0.2) is 102 Å². The maximum absolute atomic E-state index is 12.5. The molecule has 4 aromatic rings. The summed E-state index contributed by atoms with van der Waals surface area (Å²) in [6, 6.07) is 28.3. The molecular formula is C31H28N2O7. The normalized spacial score (nSPS) is 10.6. The number of hydrogen-bond donors (Lipinski definition) is 1. The average molecular weight is 541 g/mol. The van der Waals surface area contributed by atoms with E-state index in [1.54, 1.807) is 66.7 Å². The van der Waals surface area contributed by atoms with Crippen molar-refractivity contribution in [2.45, 2.75) is 6.61 Å². The molecule has 9 nitrogen and oxygen atoms in total. The third kappa shape index (κ3) is 8.09. The maximum atomic E-state index is 12.5. The van der Waals surface area contributed by atoms with Crippen molar-refractivity contribution < 1.29 is 33.3 Å². The van der Waals surface area contributed by atoms with E-state index in [-0.39, 0.29) is 6.61 Å². The second kappa shape index (κ2) is 14.0. The van der Waals surface area contributed by atoms with Crippen LogP contribution in [0.3, 0.4) is 0 Å². The lowest BCUT2D eigenvalue weighted by atomic mass is 10.2. The zero-order valence-corrected chi connectivity index (χ0v) is 22.0. The molecule has 0 radical (unpaired) electrons. The first-order valence-corrected chi connectivity index (χ1v) is 12.3. The molecule has 0 fully saturated rings. The second-order valence-corrected chi connectivity index (χ2v) is 8.36. The van der Waals surface area contributed by atoms with Crippen LogP contribution in [0.25, 0.3) is 0 Å². The van der Waals surface area contributed by atoms with E-state index in [9.17, 15) is 9.59 Å². The Kier molecular flexibility index (Phi) is 9.71. The molecule has 0 bridgehead atoms. The SMILES string of the molecule is COc1ccc(C(=O)Oc2ccc(/C=N/NC(=O)COc3ccc(OCc4ccccc4)cc3)cc2)cc1OC. The minimum atomic E-state index is -0.538. The minimum absolute atomic E-state index is 0.202. The quantitative estimate of drug-likeness (QED) is 0.116. The Labute approximate surface area is 231 Å². The molecule has 0 aliphatic heterocycles. The summed E-state index contributed by atoms with van der Waals surface area (Å²) in [5.41, 5.74) is 4.50. The van der Waals surface area contributed by atoms with E-state index in [1.807, 2.05) is 30.3 Å². The van der Waals surface area contributed by atoms with Crippen LogP contribution in [0.2, 0.25) is 0 Å². The summed E-state index contributed by atoms with van der Waals surface area (Å²) < 4.78 is 27.1. The molecule has 1 N–H and O–H groups in total. The molecule has 40 heavy (non-hydrogen) atoms. The Morgan fingerprint density at radius 1 is 0.750 bits per heavy atom. The van der Waals surface area contributed by atoms with Crippen LogP contribution in [0.1, 0.15) is 21.5 Å². The predicted octanol–water partition coefficient (Wildman–Crippen LogP) is 5.03. The average Bonchev–Trinajstić information content (AvgIpc) is 3.00. The first-order valence-electron chi connectivity index (χ1n) is 12.3. The number of carbonyl (C=O) groups is 2. The maximum Gasteiger partial charge on any atom is 0.343 e. The molecule has 0 saturated heterocycles. The minimum Gasteiger partial charge on any atom is -0.493 e. The lowest BCUT2D eigenvalue weighted by Crippen LogP contribution is -2.24. The third-order valence-electron chi connectivity index (χ3n) is 5.55. The highest BCUT2D eigenvalue weighted by Gasteiger charge is 2.13. The highest BCUT2D eigenvalue weighted by molar-refractivity contribution is 5.92. The molecule has 0 aliphatic rings. The van der Waals surface area contributed by atoms with Crippen molar-refractivity contribution >= 4 is 18.1 Å². The van der Waals surface area contributed by atoms with Crippen molar-refractivity contribution in [3.05, 3.63) is 114 Å². The fourth-order valence-corrected chi connectivity index (χ4v) is 3.48. The summed E-state index contributed by atoms with van der Waals surface area (Å²) in [5.74, 6) is 1.57. The molecular weight excluding hydrogens is 512 g/mol. The van der Waals surface area contributed by atoms with Gasteiger partial charge in [0, 0.05) is 0 Å². The number of methoxy groups -OCH3 is 2. The second-order valence-electron chi connectivity index (χ2n) is 8.36. The molecule has 0 aliphatic carbocycles. The smallest absolute Gasteiger partial charge is 0.343 e. The Bertz CT molecular complexity index is 1440. The first kappa shape index (κ1) is 27.7. The summed E-state index contributed by atoms with van der Waals surface area (Å²) in [6.07, 6.45) is 1.47. The van der Waals surface area contributed by atoms with Crippen LogP contribution in [-0.4, -0.2) is 38.9 Å². The van der Waals surface area contributed by atoms with Crippen LogP contribution in [-0.2, 0) is 11.4 Å². The molecule has 0 atom stereocenters. The Hall–Kier alpha value is -5.31. The van der Waals surface area contributed by atoms with Gasteiger partial charge in [-0.15, -0.1) is 0 Å². The molecule has 0 aromatic heterocycles. The summed E-state index contributed by atoms with van der Waals surface area (Å²) in [5, 5.41) is 3.94. The molecule has 0 unspecified atom stereocenters. The Morgan fingerprint density at radius 3 is 2.08 bits per heavy atom. The van der Waals surface area contributed by atoms with Gasteiger partial charge < -0.3 is 23.7 Å². The Morgan fingerprint density at radius 2 is 1.40 bits per heavy atom. The number of rotatable bonds is 12. The van der Waals surface area contributed by atoms with E-state index in [0.717, 1.165) is 5.56 Å². The molecule has 4 rings (SSSR count). The summed E-state index contributed by atoms with van der Waals surface area (Å²) in [4.78, 5) is 24.5. The van der Waals surface area contributed by atoms with Crippen molar-refractivity contribution in [1.29, 1.82) is 0 Å². The van der Waals surface area contributed by atoms with Gasteiger partial charge in [-0.1, -0.05) is 30.3 Å². The number of esters is 1. The van der Waals surface area contributed by atoms with Gasteiger partial charge in [0.25, 0.3) is 5.91 Å². The van der Waals surface area contributed by atoms with Gasteiger partial charge in [-0.05, 0) is 77.9 Å². The number of hydrogen-bond acceptors (Lipinski definition) is 8. The van der Waals surface area contributed by atoms with E-state index >= 15 is 0 Å². The lowest BCUT2D eigenvalue weighted by Gasteiger charge is -2.09. The molecule has 1 amide bonds. The van der Waals surface area contributed by atoms with E-state index in [4.69, 9.17) is 23.7 Å². The standard InChI is InChI=1S/C31H28N2O7/c1-36-28-17-10-24(18-29(28)37-2)31(35)40-27-11-8-22(9-12-27)19-32-33-30(34)21-39-26-15-13-25(14-16-26)38-20-23-6-4-3-5-7-23/h3-19H,20-21H2,1-2H3,(H,33,34)/b32-19+. The highest BCUT2D eigenvalue weighted by atomic mass is 16.5. The number of benzene rings is 4. The summed E-state index contributed by atoms with van der Waals surface area (Å²) >= 11 is 0. The summed E-state index contributed by atoms with van der Waals surface area (Å²) in [6.45, 7) is 0.265. The van der Waals surface area contributed by atoms with Gasteiger partial charge in [0.1, 0.15) is 23.9 Å². The van der Waals surface area contributed by atoms with Crippen LogP contribution in [0.4, 0.5) is 0 Å². The topological polar surface area (TPSA) is 105 Å². The number of amides is 1. The van der Waals surface area contributed by atoms with Crippen LogP contribution < -0.4 is 29.1 Å². The van der Waals surface area contributed by atoms with E-state index < -0.39 is 11.9 Å². The zero-order chi connectivity index (χ0) is 28.2. The number of carbonyl (C=O) groups excluding carboxylic acids is 2. The van der Waals surface area contributed by atoms with Crippen molar-refractivity contribution in [3.63, 3.8) is 0 Å². The molecule has 4 aromatic carbocycles. The molecule has 0 heterocycles. The van der Waals surface area contributed by atoms with E-state index in [2.05, 4.69) is 10.5 Å². The molecule has 9 heteroatoms. The van der Waals surface area contributed by atoms with E-state index in [0.29, 0.717) is 46.5 Å². The highest BCUT2D eigenvalue weighted by Crippen LogP contribution is 2.28. The van der Waals surface area contributed by atoms with Crippen molar-refractivity contribution in [3.8, 4) is 28.7 Å². The van der Waals surface area contributed by atoms with Gasteiger partial charge in [0.05, 0.1) is 26.0 Å². The number of hydrazone groups is 1. The van der Waals surface area contributed by atoms with Gasteiger partial charge in [0.2, 0.25) is 0 Å². The van der Waals surface area contributed by atoms with Crippen LogP contribution in [0.5, 0.6) is 28.7 Å². The molecule has 204 valence electrons. The fraction of sp³-hybridized carbons (Fsp3) is 0.129. The van der Waals surface area contributed by atoms with Crippen LogP contribution in [0, 0.1) is 0 Å². The molecule has 0 spiro atoms.